The summed E-state index contributed by atoms with van der Waals surface area (Å²) < 4.78 is 12.8. The smallest absolute Gasteiger partial charge is 0.106 e. The molecule has 1 heterocycles. The Bertz CT molecular complexity index is 348. The van der Waals surface area contributed by atoms with Crippen molar-refractivity contribution >= 4 is 5.71 Å². The van der Waals surface area contributed by atoms with E-state index in [2.05, 4.69) is 4.99 Å². The van der Waals surface area contributed by atoms with Crippen LogP contribution in [0.3, 0.4) is 0 Å². The van der Waals surface area contributed by atoms with Crippen molar-refractivity contribution in [1.82, 2.24) is 0 Å². The molecule has 0 atom stereocenters. The first-order chi connectivity index (χ1) is 6.31. The van der Waals surface area contributed by atoms with Gasteiger partial charge >= 0.3 is 0 Å². The second-order valence-corrected chi connectivity index (χ2v) is 3.14. The molecule has 1 aliphatic carbocycles. The highest BCUT2D eigenvalue weighted by Gasteiger charge is 2.20. The van der Waals surface area contributed by atoms with Gasteiger partial charge in [0.1, 0.15) is 5.83 Å². The van der Waals surface area contributed by atoms with E-state index in [1.165, 1.54) is 6.08 Å². The fourth-order valence-electron chi connectivity index (χ4n) is 1.57. The zero-order valence-corrected chi connectivity index (χ0v) is 7.26. The van der Waals surface area contributed by atoms with Crippen molar-refractivity contribution in [2.24, 2.45) is 10.7 Å². The molecule has 3 heteroatoms. The van der Waals surface area contributed by atoms with E-state index in [0.717, 1.165) is 23.3 Å². The Labute approximate surface area is 76.3 Å². The van der Waals surface area contributed by atoms with E-state index in [1.807, 2.05) is 0 Å². The summed E-state index contributed by atoms with van der Waals surface area (Å²) in [7, 11) is 0. The number of nitrogens with zero attached hydrogens (tertiary/aromatic N) is 1. The van der Waals surface area contributed by atoms with Gasteiger partial charge in [-0.05, 0) is 24.6 Å². The normalized spacial score (nSPS) is 20.2. The van der Waals surface area contributed by atoms with Crippen molar-refractivity contribution in [2.75, 3.05) is 6.54 Å². The van der Waals surface area contributed by atoms with Crippen LogP contribution < -0.4 is 5.73 Å². The summed E-state index contributed by atoms with van der Waals surface area (Å²) in [4.78, 5) is 4.16. The highest BCUT2D eigenvalue weighted by Crippen LogP contribution is 2.28. The van der Waals surface area contributed by atoms with Gasteiger partial charge in [-0.3, -0.25) is 4.99 Å². The minimum Gasteiger partial charge on any atom is -0.330 e. The lowest BCUT2D eigenvalue weighted by Crippen LogP contribution is -2.07. The molecule has 0 aromatic heterocycles. The zero-order valence-electron chi connectivity index (χ0n) is 7.26. The summed E-state index contributed by atoms with van der Waals surface area (Å²) in [6.07, 6.45) is 6.22. The average Bonchev–Trinajstić information content (AvgIpc) is 2.49. The van der Waals surface area contributed by atoms with Crippen LogP contribution >= 0.6 is 0 Å². The van der Waals surface area contributed by atoms with Crippen LogP contribution in [0.25, 0.3) is 0 Å². The number of rotatable bonds is 2. The molecule has 2 nitrogen and oxygen atoms in total. The van der Waals surface area contributed by atoms with Gasteiger partial charge in [0.25, 0.3) is 0 Å². The Morgan fingerprint density at radius 2 is 2.31 bits per heavy atom. The predicted octanol–water partition coefficient (Wildman–Crippen LogP) is 1.86. The Hall–Kier alpha value is -1.22. The number of allylic oxidation sites excluding steroid dienone is 4. The highest BCUT2D eigenvalue weighted by atomic mass is 19.1. The summed E-state index contributed by atoms with van der Waals surface area (Å²) in [5, 5.41) is 0. The van der Waals surface area contributed by atoms with Crippen molar-refractivity contribution < 1.29 is 4.39 Å². The third-order valence-corrected chi connectivity index (χ3v) is 2.21. The zero-order chi connectivity index (χ0) is 9.26. The third kappa shape index (κ3) is 1.47. The van der Waals surface area contributed by atoms with Crippen LogP contribution in [-0.2, 0) is 0 Å². The molecule has 0 fully saturated rings. The SMILES string of the molecule is NCCC1=CN=C2CC(F)=CC=C12. The molecule has 68 valence electrons. The first-order valence-corrected chi connectivity index (χ1v) is 4.34. The van der Waals surface area contributed by atoms with E-state index >= 15 is 0 Å². The van der Waals surface area contributed by atoms with Gasteiger partial charge in [-0.2, -0.15) is 0 Å². The first-order valence-electron chi connectivity index (χ1n) is 4.34. The molecule has 2 aliphatic rings. The second kappa shape index (κ2) is 3.26. The molecule has 0 saturated heterocycles. The number of halogens is 1. The lowest BCUT2D eigenvalue weighted by atomic mass is 9.95. The van der Waals surface area contributed by atoms with E-state index in [4.69, 9.17) is 5.73 Å². The molecule has 2 rings (SSSR count). The molecule has 0 aromatic carbocycles. The molecule has 0 amide bonds. The number of hydrogen-bond acceptors (Lipinski definition) is 2. The van der Waals surface area contributed by atoms with Crippen LogP contribution in [0.1, 0.15) is 12.8 Å². The molecule has 0 aromatic rings. The van der Waals surface area contributed by atoms with E-state index < -0.39 is 0 Å². The summed E-state index contributed by atoms with van der Waals surface area (Å²) in [5.74, 6) is -0.120. The lowest BCUT2D eigenvalue weighted by Gasteiger charge is -2.10. The molecule has 2 N–H and O–H groups in total. The topological polar surface area (TPSA) is 38.4 Å². The summed E-state index contributed by atoms with van der Waals surface area (Å²) in [6.45, 7) is 0.609. The fourth-order valence-corrected chi connectivity index (χ4v) is 1.57. The molecule has 0 spiro atoms. The maximum absolute atomic E-state index is 12.8. The van der Waals surface area contributed by atoms with E-state index in [-0.39, 0.29) is 5.83 Å². The maximum Gasteiger partial charge on any atom is 0.106 e. The van der Waals surface area contributed by atoms with Crippen molar-refractivity contribution in [2.45, 2.75) is 12.8 Å². The molecule has 0 bridgehead atoms. The van der Waals surface area contributed by atoms with Crippen LogP contribution in [0.2, 0.25) is 0 Å². The van der Waals surface area contributed by atoms with Crippen LogP contribution in [0.4, 0.5) is 4.39 Å². The standard InChI is InChI=1S/C10H11FN2/c11-8-1-2-9-7(3-4-12)6-13-10(9)5-8/h1-2,6H,3-5,12H2. The molecular formula is C10H11FN2. The molecule has 13 heavy (non-hydrogen) atoms. The molecule has 0 saturated carbocycles. The first kappa shape index (κ1) is 8.38. The van der Waals surface area contributed by atoms with Gasteiger partial charge in [0.05, 0.1) is 5.71 Å². The number of fused-ring (bicyclic) bond motifs is 1. The monoisotopic (exact) mass is 178 g/mol. The van der Waals surface area contributed by atoms with Crippen molar-refractivity contribution in [3.05, 3.63) is 35.3 Å². The van der Waals surface area contributed by atoms with Crippen LogP contribution in [0.15, 0.2) is 40.3 Å². The maximum atomic E-state index is 12.8. The highest BCUT2D eigenvalue weighted by molar-refractivity contribution is 6.08. The van der Waals surface area contributed by atoms with Gasteiger partial charge in [0.2, 0.25) is 0 Å². The van der Waals surface area contributed by atoms with Gasteiger partial charge in [-0.15, -0.1) is 0 Å². The van der Waals surface area contributed by atoms with Gasteiger partial charge in [0, 0.05) is 18.2 Å². The molecule has 0 unspecified atom stereocenters. The summed E-state index contributed by atoms with van der Waals surface area (Å²) in [6, 6.07) is 0. The average molecular weight is 178 g/mol. The van der Waals surface area contributed by atoms with Gasteiger partial charge < -0.3 is 5.73 Å². The summed E-state index contributed by atoms with van der Waals surface area (Å²) >= 11 is 0. The van der Waals surface area contributed by atoms with Gasteiger partial charge in [-0.25, -0.2) is 4.39 Å². The van der Waals surface area contributed by atoms with E-state index in [1.54, 1.807) is 12.3 Å². The van der Waals surface area contributed by atoms with Crippen molar-refractivity contribution in [3.8, 4) is 0 Å². The minimum absolute atomic E-state index is 0.120. The van der Waals surface area contributed by atoms with E-state index in [9.17, 15) is 4.39 Å². The Kier molecular flexibility index (Phi) is 2.10. The van der Waals surface area contributed by atoms with Gasteiger partial charge in [-0.1, -0.05) is 6.08 Å². The predicted molar refractivity (Wildman–Crippen MR) is 51.1 cm³/mol. The number of hydrogen-bond donors (Lipinski definition) is 1. The van der Waals surface area contributed by atoms with Gasteiger partial charge in [0.15, 0.2) is 0 Å². The fraction of sp³-hybridized carbons (Fsp3) is 0.300. The number of aliphatic imine (C=N–C) groups is 1. The largest absolute Gasteiger partial charge is 0.330 e. The van der Waals surface area contributed by atoms with Crippen molar-refractivity contribution in [1.29, 1.82) is 0 Å². The van der Waals surface area contributed by atoms with Crippen LogP contribution in [-0.4, -0.2) is 12.3 Å². The molecular weight excluding hydrogens is 167 g/mol. The number of nitrogens with two attached hydrogens (primary N) is 1. The Morgan fingerprint density at radius 1 is 1.46 bits per heavy atom. The van der Waals surface area contributed by atoms with E-state index in [0.29, 0.717) is 13.0 Å². The quantitative estimate of drug-likeness (QED) is 0.688. The Balaban J connectivity index is 2.24. The molecule has 1 aliphatic heterocycles. The third-order valence-electron chi connectivity index (χ3n) is 2.21. The molecule has 0 radical (unpaired) electrons. The summed E-state index contributed by atoms with van der Waals surface area (Å²) in [5.41, 5.74) is 8.47. The second-order valence-electron chi connectivity index (χ2n) is 3.14. The van der Waals surface area contributed by atoms with Crippen molar-refractivity contribution in [3.63, 3.8) is 0 Å². The van der Waals surface area contributed by atoms with Crippen LogP contribution in [0, 0.1) is 0 Å². The Morgan fingerprint density at radius 3 is 3.08 bits per heavy atom. The van der Waals surface area contributed by atoms with Crippen LogP contribution in [0.5, 0.6) is 0 Å². The minimum atomic E-state index is -0.120. The lowest BCUT2D eigenvalue weighted by molar-refractivity contribution is 0.623.